The first-order valence-corrected chi connectivity index (χ1v) is 9.28. The Morgan fingerprint density at radius 1 is 1.32 bits per heavy atom. The maximum atomic E-state index is 14.6. The summed E-state index contributed by atoms with van der Waals surface area (Å²) in [4.78, 5) is 2.03. The molecule has 7 heteroatoms. The van der Waals surface area contributed by atoms with Gasteiger partial charge in [0.1, 0.15) is 5.82 Å². The Kier molecular flexibility index (Phi) is 6.09. The molecule has 5 nitrogen and oxygen atoms in total. The number of benzene rings is 1. The molecule has 2 aliphatic rings. The van der Waals surface area contributed by atoms with Gasteiger partial charge in [-0.05, 0) is 57.1 Å². The Hall–Kier alpha value is -1.44. The van der Waals surface area contributed by atoms with Crippen LogP contribution >= 0.6 is 12.2 Å². The van der Waals surface area contributed by atoms with Crippen molar-refractivity contribution < 1.29 is 13.9 Å². The number of morpholine rings is 1. The molecule has 25 heavy (non-hydrogen) atoms. The van der Waals surface area contributed by atoms with Gasteiger partial charge in [-0.2, -0.15) is 0 Å². The van der Waals surface area contributed by atoms with Gasteiger partial charge in [-0.25, -0.2) is 4.39 Å². The van der Waals surface area contributed by atoms with Gasteiger partial charge < -0.3 is 25.0 Å². The Balaban J connectivity index is 1.56. The molecule has 2 aliphatic heterocycles. The summed E-state index contributed by atoms with van der Waals surface area (Å²) < 4.78 is 25.8. The van der Waals surface area contributed by atoms with Gasteiger partial charge in [-0.15, -0.1) is 0 Å². The van der Waals surface area contributed by atoms with Crippen molar-refractivity contribution in [1.82, 2.24) is 5.32 Å². The van der Waals surface area contributed by atoms with Crippen molar-refractivity contribution >= 4 is 28.7 Å². The number of thiocarbonyl (C=S) groups is 1. The molecule has 0 saturated carbocycles. The van der Waals surface area contributed by atoms with Crippen LogP contribution in [0.2, 0.25) is 0 Å². The number of ether oxygens (including phenoxy) is 2. The van der Waals surface area contributed by atoms with Gasteiger partial charge in [0.2, 0.25) is 0 Å². The first-order valence-electron chi connectivity index (χ1n) is 8.87. The molecule has 2 fully saturated rings. The minimum atomic E-state index is -0.256. The van der Waals surface area contributed by atoms with E-state index in [9.17, 15) is 4.39 Å². The van der Waals surface area contributed by atoms with E-state index >= 15 is 0 Å². The van der Waals surface area contributed by atoms with E-state index in [4.69, 9.17) is 21.7 Å². The van der Waals surface area contributed by atoms with Crippen molar-refractivity contribution in [2.45, 2.75) is 45.0 Å². The molecule has 0 spiro atoms. The van der Waals surface area contributed by atoms with Crippen LogP contribution in [0.25, 0.3) is 0 Å². The van der Waals surface area contributed by atoms with E-state index in [0.717, 1.165) is 19.4 Å². The highest BCUT2D eigenvalue weighted by Crippen LogP contribution is 2.26. The molecular formula is C18H26FN3O2S. The van der Waals surface area contributed by atoms with Gasteiger partial charge in [0.05, 0.1) is 24.0 Å². The Morgan fingerprint density at radius 2 is 2.08 bits per heavy atom. The predicted octanol–water partition coefficient (Wildman–Crippen LogP) is 2.90. The van der Waals surface area contributed by atoms with Crippen molar-refractivity contribution in [2.24, 2.45) is 0 Å². The Labute approximate surface area is 153 Å². The van der Waals surface area contributed by atoms with Gasteiger partial charge in [0.15, 0.2) is 5.11 Å². The predicted molar refractivity (Wildman–Crippen MR) is 102 cm³/mol. The zero-order chi connectivity index (χ0) is 17.8. The Bertz CT molecular complexity index is 600. The molecule has 2 heterocycles. The van der Waals surface area contributed by atoms with E-state index in [1.54, 1.807) is 6.07 Å². The summed E-state index contributed by atoms with van der Waals surface area (Å²) in [6, 6.07) is 5.13. The molecule has 3 atom stereocenters. The normalized spacial score (nSPS) is 26.5. The lowest BCUT2D eigenvalue weighted by atomic mass is 10.2. The number of halogens is 1. The van der Waals surface area contributed by atoms with Gasteiger partial charge in [-0.1, -0.05) is 0 Å². The van der Waals surface area contributed by atoms with Crippen molar-refractivity contribution in [3.05, 3.63) is 24.0 Å². The molecule has 0 aliphatic carbocycles. The molecule has 138 valence electrons. The number of nitrogens with one attached hydrogen (secondary N) is 2. The maximum Gasteiger partial charge on any atom is 0.170 e. The monoisotopic (exact) mass is 367 g/mol. The summed E-state index contributed by atoms with van der Waals surface area (Å²) in [5.74, 6) is -0.256. The molecule has 2 N–H and O–H groups in total. The van der Waals surface area contributed by atoms with E-state index in [1.165, 1.54) is 6.07 Å². The largest absolute Gasteiger partial charge is 0.376 e. The quantitative estimate of drug-likeness (QED) is 0.798. The molecule has 2 saturated heterocycles. The molecule has 1 aromatic carbocycles. The number of nitrogens with zero attached hydrogens (tertiary/aromatic N) is 1. The van der Waals surface area contributed by atoms with E-state index in [1.807, 2.05) is 24.8 Å². The van der Waals surface area contributed by atoms with E-state index < -0.39 is 0 Å². The first kappa shape index (κ1) is 18.4. The fourth-order valence-corrected chi connectivity index (χ4v) is 3.60. The van der Waals surface area contributed by atoms with Crippen molar-refractivity contribution in [3.63, 3.8) is 0 Å². The van der Waals surface area contributed by atoms with Crippen LogP contribution in [-0.2, 0) is 9.47 Å². The number of rotatable bonds is 4. The fraction of sp³-hybridized carbons (Fsp3) is 0.611. The summed E-state index contributed by atoms with van der Waals surface area (Å²) in [5, 5.41) is 6.65. The standard InChI is InChI=1S/C18H26FN3O2S/c1-12-10-22(11-13(2)24-12)17-6-5-14(8-16(17)19)21-18(25)20-9-15-4-3-7-23-15/h5-6,8,12-13,15H,3-4,7,9-11H2,1-2H3,(H2,20,21,25)/t12-,13-,15+/m1/s1. The molecule has 0 radical (unpaired) electrons. The lowest BCUT2D eigenvalue weighted by Gasteiger charge is -2.37. The minimum absolute atomic E-state index is 0.0931. The first-order chi connectivity index (χ1) is 12.0. The maximum absolute atomic E-state index is 14.6. The second-order valence-electron chi connectivity index (χ2n) is 6.80. The SMILES string of the molecule is C[C@@H]1CN(c2ccc(NC(=S)NC[C@@H]3CCCO3)cc2F)C[C@@H](C)O1. The van der Waals surface area contributed by atoms with Crippen LogP contribution in [0.3, 0.4) is 0 Å². The van der Waals surface area contributed by atoms with Gasteiger partial charge in [-0.3, -0.25) is 0 Å². The average Bonchev–Trinajstić information content (AvgIpc) is 3.05. The van der Waals surface area contributed by atoms with Crippen molar-refractivity contribution in [1.29, 1.82) is 0 Å². The molecule has 0 aromatic heterocycles. The van der Waals surface area contributed by atoms with E-state index in [2.05, 4.69) is 10.6 Å². The number of hydrogen-bond donors (Lipinski definition) is 2. The molecule has 0 bridgehead atoms. The lowest BCUT2D eigenvalue weighted by molar-refractivity contribution is -0.00539. The third-order valence-electron chi connectivity index (χ3n) is 4.48. The highest BCUT2D eigenvalue weighted by molar-refractivity contribution is 7.80. The lowest BCUT2D eigenvalue weighted by Crippen LogP contribution is -2.45. The molecule has 0 amide bonds. The number of hydrogen-bond acceptors (Lipinski definition) is 4. The second-order valence-corrected chi connectivity index (χ2v) is 7.21. The van der Waals surface area contributed by atoms with Gasteiger partial charge >= 0.3 is 0 Å². The summed E-state index contributed by atoms with van der Waals surface area (Å²) in [6.07, 6.45) is 2.54. The zero-order valence-electron chi connectivity index (χ0n) is 14.8. The number of anilines is 2. The average molecular weight is 367 g/mol. The second kappa shape index (κ2) is 8.29. The topological polar surface area (TPSA) is 45.8 Å². The minimum Gasteiger partial charge on any atom is -0.376 e. The molecule has 3 rings (SSSR count). The highest BCUT2D eigenvalue weighted by Gasteiger charge is 2.24. The smallest absolute Gasteiger partial charge is 0.170 e. The highest BCUT2D eigenvalue weighted by atomic mass is 32.1. The van der Waals surface area contributed by atoms with E-state index in [0.29, 0.717) is 36.1 Å². The fourth-order valence-electron chi connectivity index (χ4n) is 3.40. The van der Waals surface area contributed by atoms with Crippen LogP contribution in [0.1, 0.15) is 26.7 Å². The third kappa shape index (κ3) is 5.03. The van der Waals surface area contributed by atoms with Crippen molar-refractivity contribution in [2.75, 3.05) is 36.5 Å². The van der Waals surface area contributed by atoms with Crippen LogP contribution in [-0.4, -0.2) is 49.7 Å². The van der Waals surface area contributed by atoms with Crippen LogP contribution in [0.4, 0.5) is 15.8 Å². The van der Waals surface area contributed by atoms with E-state index in [-0.39, 0.29) is 24.1 Å². The molecular weight excluding hydrogens is 341 g/mol. The van der Waals surface area contributed by atoms with Crippen LogP contribution < -0.4 is 15.5 Å². The van der Waals surface area contributed by atoms with Gasteiger partial charge in [0.25, 0.3) is 0 Å². The zero-order valence-corrected chi connectivity index (χ0v) is 15.6. The summed E-state index contributed by atoms with van der Waals surface area (Å²) in [5.41, 5.74) is 1.24. The summed E-state index contributed by atoms with van der Waals surface area (Å²) in [7, 11) is 0. The summed E-state index contributed by atoms with van der Waals surface area (Å²) >= 11 is 5.28. The Morgan fingerprint density at radius 3 is 2.72 bits per heavy atom. The molecule has 0 unspecified atom stereocenters. The van der Waals surface area contributed by atoms with Crippen LogP contribution in [0, 0.1) is 5.82 Å². The van der Waals surface area contributed by atoms with Crippen LogP contribution in [0.5, 0.6) is 0 Å². The third-order valence-corrected chi connectivity index (χ3v) is 4.73. The van der Waals surface area contributed by atoms with Crippen LogP contribution in [0.15, 0.2) is 18.2 Å². The van der Waals surface area contributed by atoms with Crippen molar-refractivity contribution in [3.8, 4) is 0 Å². The summed E-state index contributed by atoms with van der Waals surface area (Å²) in [6.45, 7) is 6.89. The molecule has 1 aromatic rings. The van der Waals surface area contributed by atoms with Gasteiger partial charge in [0, 0.05) is 31.9 Å².